The Kier molecular flexibility index (Phi) is 4.61. The number of benzene rings is 1. The monoisotopic (exact) mass is 305 g/mol. The van der Waals surface area contributed by atoms with Gasteiger partial charge in [0.1, 0.15) is 17.1 Å². The van der Waals surface area contributed by atoms with Crippen molar-refractivity contribution in [3.05, 3.63) is 53.1 Å². The number of nitrogens with one attached hydrogen (secondary N) is 2. The van der Waals surface area contributed by atoms with E-state index in [1.165, 1.54) is 24.3 Å². The molecular formula is C16H20FN3O2. The Morgan fingerprint density at radius 3 is 2.59 bits per heavy atom. The molecule has 0 bridgehead atoms. The topological polar surface area (TPSA) is 78.0 Å². The molecule has 1 aromatic heterocycles. The molecule has 1 unspecified atom stereocenters. The van der Waals surface area contributed by atoms with Crippen molar-refractivity contribution in [2.75, 3.05) is 6.54 Å². The van der Waals surface area contributed by atoms with Gasteiger partial charge < -0.3 is 10.4 Å². The number of amides is 1. The maximum atomic E-state index is 12.9. The zero-order chi connectivity index (χ0) is 16.3. The first-order valence-electron chi connectivity index (χ1n) is 7.11. The van der Waals surface area contributed by atoms with Gasteiger partial charge >= 0.3 is 0 Å². The van der Waals surface area contributed by atoms with Crippen LogP contribution in [0.5, 0.6) is 0 Å². The van der Waals surface area contributed by atoms with Gasteiger partial charge in [-0.2, -0.15) is 5.10 Å². The molecule has 22 heavy (non-hydrogen) atoms. The lowest BCUT2D eigenvalue weighted by atomic mass is 9.96. The van der Waals surface area contributed by atoms with Gasteiger partial charge in [0.05, 0.1) is 6.54 Å². The van der Waals surface area contributed by atoms with Crippen LogP contribution in [0.1, 0.15) is 48.4 Å². The minimum absolute atomic E-state index is 0.00133. The van der Waals surface area contributed by atoms with Crippen LogP contribution in [0.3, 0.4) is 0 Å². The number of aliphatic hydroxyl groups is 1. The molecule has 0 radical (unpaired) electrons. The Hall–Kier alpha value is -2.21. The number of rotatable bonds is 5. The Balaban J connectivity index is 2.01. The van der Waals surface area contributed by atoms with Gasteiger partial charge in [-0.1, -0.05) is 26.0 Å². The van der Waals surface area contributed by atoms with Crippen LogP contribution >= 0.6 is 0 Å². The van der Waals surface area contributed by atoms with Crippen LogP contribution in [0, 0.1) is 5.82 Å². The number of nitrogens with zero attached hydrogens (tertiary/aromatic N) is 1. The van der Waals surface area contributed by atoms with E-state index in [0.717, 1.165) is 5.69 Å². The summed E-state index contributed by atoms with van der Waals surface area (Å²) in [5.74, 6) is -0.497. The largest absolute Gasteiger partial charge is 0.384 e. The number of hydrogen-bond acceptors (Lipinski definition) is 3. The third kappa shape index (κ3) is 3.71. The molecule has 0 aliphatic carbocycles. The van der Waals surface area contributed by atoms with Gasteiger partial charge in [0.15, 0.2) is 0 Å². The van der Waals surface area contributed by atoms with Crippen LogP contribution < -0.4 is 5.32 Å². The van der Waals surface area contributed by atoms with Crippen molar-refractivity contribution in [1.29, 1.82) is 0 Å². The molecule has 6 heteroatoms. The lowest BCUT2D eigenvalue weighted by Crippen LogP contribution is -2.38. The molecule has 0 aliphatic heterocycles. The molecule has 0 aliphatic rings. The van der Waals surface area contributed by atoms with E-state index in [9.17, 15) is 14.3 Å². The number of hydrogen-bond donors (Lipinski definition) is 3. The van der Waals surface area contributed by atoms with Crippen molar-refractivity contribution < 1.29 is 14.3 Å². The molecule has 0 saturated carbocycles. The van der Waals surface area contributed by atoms with Crippen molar-refractivity contribution in [3.63, 3.8) is 0 Å². The van der Waals surface area contributed by atoms with Gasteiger partial charge in [-0.15, -0.1) is 0 Å². The third-order valence-corrected chi connectivity index (χ3v) is 3.51. The zero-order valence-electron chi connectivity index (χ0n) is 12.9. The molecule has 5 nitrogen and oxygen atoms in total. The van der Waals surface area contributed by atoms with Crippen LogP contribution in [0.2, 0.25) is 0 Å². The normalized spacial score (nSPS) is 13.9. The van der Waals surface area contributed by atoms with E-state index >= 15 is 0 Å². The molecule has 1 heterocycles. The predicted octanol–water partition coefficient (Wildman–Crippen LogP) is 2.31. The maximum Gasteiger partial charge on any atom is 0.271 e. The van der Waals surface area contributed by atoms with Crippen molar-refractivity contribution in [3.8, 4) is 0 Å². The molecular weight excluding hydrogens is 285 g/mol. The second-order valence-electron chi connectivity index (χ2n) is 5.83. The summed E-state index contributed by atoms with van der Waals surface area (Å²) in [7, 11) is 0. The van der Waals surface area contributed by atoms with Gasteiger partial charge in [-0.05, 0) is 36.6 Å². The Morgan fingerprint density at radius 2 is 2.05 bits per heavy atom. The van der Waals surface area contributed by atoms with E-state index in [0.29, 0.717) is 5.56 Å². The van der Waals surface area contributed by atoms with E-state index in [4.69, 9.17) is 0 Å². The SMILES string of the molecule is CC(C)c1cc(C(=O)NCC(C)(O)c2ccc(F)cc2)n[nH]1. The summed E-state index contributed by atoms with van der Waals surface area (Å²) in [5.41, 5.74) is 0.383. The number of aromatic amines is 1. The fraction of sp³-hybridized carbons (Fsp3) is 0.375. The molecule has 3 N–H and O–H groups in total. The highest BCUT2D eigenvalue weighted by Crippen LogP contribution is 2.20. The smallest absolute Gasteiger partial charge is 0.271 e. The van der Waals surface area contributed by atoms with Gasteiger partial charge in [0.2, 0.25) is 0 Å². The fourth-order valence-corrected chi connectivity index (χ4v) is 2.00. The average molecular weight is 305 g/mol. The third-order valence-electron chi connectivity index (χ3n) is 3.51. The number of carbonyl (C=O) groups is 1. The second-order valence-corrected chi connectivity index (χ2v) is 5.83. The lowest BCUT2D eigenvalue weighted by Gasteiger charge is -2.24. The predicted molar refractivity (Wildman–Crippen MR) is 81.0 cm³/mol. The lowest BCUT2D eigenvalue weighted by molar-refractivity contribution is 0.0524. The molecule has 1 atom stereocenters. The second kappa shape index (κ2) is 6.27. The highest BCUT2D eigenvalue weighted by atomic mass is 19.1. The van der Waals surface area contributed by atoms with Crippen molar-refractivity contribution in [1.82, 2.24) is 15.5 Å². The van der Waals surface area contributed by atoms with Crippen LogP contribution in [-0.4, -0.2) is 27.8 Å². The number of H-pyrrole nitrogens is 1. The van der Waals surface area contributed by atoms with Crippen LogP contribution in [0.15, 0.2) is 30.3 Å². The van der Waals surface area contributed by atoms with E-state index in [1.54, 1.807) is 13.0 Å². The first kappa shape index (κ1) is 16.2. The Labute approximate surface area is 128 Å². The van der Waals surface area contributed by atoms with Gasteiger partial charge in [0.25, 0.3) is 5.91 Å². The van der Waals surface area contributed by atoms with Crippen LogP contribution in [-0.2, 0) is 5.60 Å². The number of carbonyl (C=O) groups excluding carboxylic acids is 1. The Bertz CT molecular complexity index is 648. The molecule has 1 aromatic carbocycles. The number of aromatic nitrogens is 2. The van der Waals surface area contributed by atoms with Crippen LogP contribution in [0.25, 0.3) is 0 Å². The quantitative estimate of drug-likeness (QED) is 0.793. The molecule has 2 rings (SSSR count). The van der Waals surface area contributed by atoms with E-state index in [2.05, 4.69) is 15.5 Å². The highest BCUT2D eigenvalue weighted by molar-refractivity contribution is 5.92. The molecule has 118 valence electrons. The summed E-state index contributed by atoms with van der Waals surface area (Å²) in [5, 5.41) is 19.8. The average Bonchev–Trinajstić information content (AvgIpc) is 2.95. The summed E-state index contributed by atoms with van der Waals surface area (Å²) in [6, 6.07) is 7.22. The van der Waals surface area contributed by atoms with Gasteiger partial charge in [-0.25, -0.2) is 4.39 Å². The minimum atomic E-state index is -1.29. The minimum Gasteiger partial charge on any atom is -0.384 e. The first-order valence-corrected chi connectivity index (χ1v) is 7.11. The number of halogens is 1. The summed E-state index contributed by atoms with van der Waals surface area (Å²) in [6.45, 7) is 5.55. The van der Waals surface area contributed by atoms with Crippen molar-refractivity contribution in [2.45, 2.75) is 32.3 Å². The van der Waals surface area contributed by atoms with Crippen molar-refractivity contribution >= 4 is 5.91 Å². The van der Waals surface area contributed by atoms with E-state index in [1.807, 2.05) is 13.8 Å². The first-order chi connectivity index (χ1) is 10.3. The van der Waals surface area contributed by atoms with Crippen LogP contribution in [0.4, 0.5) is 4.39 Å². The molecule has 0 spiro atoms. The van der Waals surface area contributed by atoms with E-state index < -0.39 is 5.60 Å². The van der Waals surface area contributed by atoms with E-state index in [-0.39, 0.29) is 29.9 Å². The maximum absolute atomic E-state index is 12.9. The summed E-state index contributed by atoms with van der Waals surface area (Å²) in [6.07, 6.45) is 0. The Morgan fingerprint density at radius 1 is 1.41 bits per heavy atom. The highest BCUT2D eigenvalue weighted by Gasteiger charge is 2.24. The van der Waals surface area contributed by atoms with Crippen molar-refractivity contribution in [2.24, 2.45) is 0 Å². The molecule has 0 saturated heterocycles. The molecule has 1 amide bonds. The molecule has 0 fully saturated rings. The standard InChI is InChI=1S/C16H20FN3O2/c1-10(2)13-8-14(20-19-13)15(21)18-9-16(3,22)11-4-6-12(17)7-5-11/h4-8,10,22H,9H2,1-3H3,(H,18,21)(H,19,20). The van der Waals surface area contributed by atoms with Gasteiger partial charge in [-0.3, -0.25) is 9.89 Å². The summed E-state index contributed by atoms with van der Waals surface area (Å²) < 4.78 is 12.9. The zero-order valence-corrected chi connectivity index (χ0v) is 12.9. The summed E-state index contributed by atoms with van der Waals surface area (Å²) in [4.78, 5) is 12.0. The van der Waals surface area contributed by atoms with Gasteiger partial charge in [0, 0.05) is 5.69 Å². The summed E-state index contributed by atoms with van der Waals surface area (Å²) >= 11 is 0. The fourth-order valence-electron chi connectivity index (χ4n) is 2.00. The molecule has 2 aromatic rings.